The van der Waals surface area contributed by atoms with Crippen molar-refractivity contribution in [2.75, 3.05) is 12.0 Å². The first-order valence-corrected chi connectivity index (χ1v) is 4.84. The molecule has 0 amide bonds. The summed E-state index contributed by atoms with van der Waals surface area (Å²) in [5.41, 5.74) is 4.36. The van der Waals surface area contributed by atoms with Gasteiger partial charge in [0.15, 0.2) is 0 Å². The van der Waals surface area contributed by atoms with Crippen LogP contribution in [0.3, 0.4) is 0 Å². The van der Waals surface area contributed by atoms with Crippen LogP contribution in [-0.2, 0) is 9.53 Å². The molecule has 1 aliphatic rings. The summed E-state index contributed by atoms with van der Waals surface area (Å²) in [4.78, 5) is 10.8. The first-order valence-electron chi connectivity index (χ1n) is 4.47. The molecule has 1 saturated heterocycles. The minimum atomic E-state index is -0.230. The van der Waals surface area contributed by atoms with Crippen LogP contribution in [0.15, 0.2) is 29.4 Å². The molecule has 1 aromatic carbocycles. The summed E-state index contributed by atoms with van der Waals surface area (Å²) in [5.74, 6) is -0.230. The van der Waals surface area contributed by atoms with E-state index in [-0.39, 0.29) is 19.0 Å². The number of anilines is 1. The highest BCUT2D eigenvalue weighted by atomic mass is 35.5. The summed E-state index contributed by atoms with van der Waals surface area (Å²) in [5, 5.41) is 4.72. The Bertz CT molecular complexity index is 400. The number of hydrogen-bond acceptors (Lipinski definition) is 4. The van der Waals surface area contributed by atoms with Gasteiger partial charge in [-0.2, -0.15) is 5.10 Å². The lowest BCUT2D eigenvalue weighted by atomic mass is 10.3. The lowest BCUT2D eigenvalue weighted by Gasteiger charge is -2.00. The third-order valence-corrected chi connectivity index (χ3v) is 2.19. The Balaban J connectivity index is 1.98. The molecule has 1 aromatic rings. The molecular weight excluding hydrogens is 216 g/mol. The number of cyclic esters (lactones) is 1. The maximum atomic E-state index is 10.8. The van der Waals surface area contributed by atoms with Crippen molar-refractivity contribution in [2.24, 2.45) is 5.10 Å². The smallest absolute Gasteiger partial charge is 0.312 e. The van der Waals surface area contributed by atoms with Gasteiger partial charge in [0.2, 0.25) is 0 Å². The largest absolute Gasteiger partial charge is 0.459 e. The van der Waals surface area contributed by atoms with Gasteiger partial charge in [-0.15, -0.1) is 0 Å². The van der Waals surface area contributed by atoms with Crippen molar-refractivity contribution in [2.45, 2.75) is 6.42 Å². The molecule has 0 aromatic heterocycles. The zero-order valence-electron chi connectivity index (χ0n) is 7.87. The van der Waals surface area contributed by atoms with Crippen molar-refractivity contribution in [3.8, 4) is 0 Å². The molecule has 1 fully saturated rings. The van der Waals surface area contributed by atoms with Gasteiger partial charge in [0.25, 0.3) is 0 Å². The summed E-state index contributed by atoms with van der Waals surface area (Å²) < 4.78 is 4.74. The molecule has 78 valence electrons. The molecule has 2 rings (SSSR count). The molecule has 0 atom stereocenters. The van der Waals surface area contributed by atoms with Crippen molar-refractivity contribution in [1.82, 2.24) is 0 Å². The van der Waals surface area contributed by atoms with Gasteiger partial charge in [0, 0.05) is 5.02 Å². The lowest BCUT2D eigenvalue weighted by Crippen LogP contribution is -2.00. The van der Waals surface area contributed by atoms with Crippen LogP contribution in [0, 0.1) is 0 Å². The van der Waals surface area contributed by atoms with E-state index in [1.54, 1.807) is 12.1 Å². The Morgan fingerprint density at radius 1 is 1.33 bits per heavy atom. The van der Waals surface area contributed by atoms with Gasteiger partial charge in [0.1, 0.15) is 6.61 Å². The highest BCUT2D eigenvalue weighted by Gasteiger charge is 2.17. The number of esters is 1. The van der Waals surface area contributed by atoms with E-state index >= 15 is 0 Å². The highest BCUT2D eigenvalue weighted by molar-refractivity contribution is 6.30. The Morgan fingerprint density at radius 2 is 2.07 bits per heavy atom. The van der Waals surface area contributed by atoms with E-state index in [1.165, 1.54) is 0 Å². The van der Waals surface area contributed by atoms with Crippen molar-refractivity contribution < 1.29 is 9.53 Å². The number of rotatable bonds is 2. The number of hydrazone groups is 1. The SMILES string of the molecule is O=C1CC(=NNc2ccc(Cl)cc2)CO1. The molecule has 5 heteroatoms. The van der Waals surface area contributed by atoms with E-state index in [2.05, 4.69) is 10.5 Å². The van der Waals surface area contributed by atoms with E-state index in [0.29, 0.717) is 10.7 Å². The van der Waals surface area contributed by atoms with Crippen LogP contribution < -0.4 is 5.43 Å². The zero-order valence-corrected chi connectivity index (χ0v) is 8.62. The maximum Gasteiger partial charge on any atom is 0.312 e. The summed E-state index contributed by atoms with van der Waals surface area (Å²) >= 11 is 5.73. The number of carbonyl (C=O) groups is 1. The Hall–Kier alpha value is -1.55. The molecular formula is C10H9ClN2O2. The molecule has 1 aliphatic heterocycles. The van der Waals surface area contributed by atoms with E-state index in [4.69, 9.17) is 16.3 Å². The van der Waals surface area contributed by atoms with Gasteiger partial charge in [-0.1, -0.05) is 11.6 Å². The topological polar surface area (TPSA) is 50.7 Å². The van der Waals surface area contributed by atoms with Gasteiger partial charge < -0.3 is 4.74 Å². The minimum absolute atomic E-state index is 0.230. The lowest BCUT2D eigenvalue weighted by molar-refractivity contribution is -0.137. The van der Waals surface area contributed by atoms with E-state index in [9.17, 15) is 4.79 Å². The van der Waals surface area contributed by atoms with E-state index < -0.39 is 0 Å². The first kappa shape index (κ1) is 9.98. The fraction of sp³-hybridized carbons (Fsp3) is 0.200. The monoisotopic (exact) mass is 224 g/mol. The Labute approximate surface area is 91.9 Å². The van der Waals surface area contributed by atoms with Gasteiger partial charge in [-0.3, -0.25) is 10.2 Å². The Kier molecular flexibility index (Phi) is 2.87. The summed E-state index contributed by atoms with van der Waals surface area (Å²) in [6, 6.07) is 7.15. The van der Waals surface area contributed by atoms with Crippen LogP contribution in [0.5, 0.6) is 0 Å². The minimum Gasteiger partial charge on any atom is -0.459 e. The van der Waals surface area contributed by atoms with Crippen LogP contribution in [0.1, 0.15) is 6.42 Å². The molecule has 0 bridgehead atoms. The second-order valence-electron chi connectivity index (χ2n) is 3.13. The number of benzene rings is 1. The van der Waals surface area contributed by atoms with Gasteiger partial charge in [-0.25, -0.2) is 0 Å². The number of nitrogens with zero attached hydrogens (tertiary/aromatic N) is 1. The number of halogens is 1. The molecule has 0 saturated carbocycles. The normalized spacial score (nSPS) is 17.9. The average Bonchev–Trinajstić information content (AvgIpc) is 2.64. The molecule has 0 unspecified atom stereocenters. The molecule has 15 heavy (non-hydrogen) atoms. The van der Waals surface area contributed by atoms with Crippen molar-refractivity contribution in [3.05, 3.63) is 29.3 Å². The zero-order chi connectivity index (χ0) is 10.7. The molecule has 0 radical (unpaired) electrons. The standard InChI is InChI=1S/C10H9ClN2O2/c11-7-1-3-8(4-2-7)12-13-9-5-10(14)15-6-9/h1-4,12H,5-6H2. The molecule has 0 aliphatic carbocycles. The average molecular weight is 225 g/mol. The third kappa shape index (κ3) is 2.70. The second-order valence-corrected chi connectivity index (χ2v) is 3.57. The van der Waals surface area contributed by atoms with Crippen LogP contribution in [0.4, 0.5) is 5.69 Å². The van der Waals surface area contributed by atoms with Crippen LogP contribution >= 0.6 is 11.6 Å². The summed E-state index contributed by atoms with van der Waals surface area (Å²) in [6.45, 7) is 0.277. The van der Waals surface area contributed by atoms with Gasteiger partial charge >= 0.3 is 5.97 Å². The predicted molar refractivity (Wildman–Crippen MR) is 58.1 cm³/mol. The van der Waals surface area contributed by atoms with E-state index in [1.807, 2.05) is 12.1 Å². The summed E-state index contributed by atoms with van der Waals surface area (Å²) in [7, 11) is 0. The fourth-order valence-corrected chi connectivity index (χ4v) is 1.30. The van der Waals surface area contributed by atoms with Crippen molar-refractivity contribution in [1.29, 1.82) is 0 Å². The van der Waals surface area contributed by atoms with Gasteiger partial charge in [-0.05, 0) is 24.3 Å². The molecule has 1 heterocycles. The molecule has 4 nitrogen and oxygen atoms in total. The number of carbonyl (C=O) groups excluding carboxylic acids is 1. The molecule has 0 spiro atoms. The van der Waals surface area contributed by atoms with Crippen LogP contribution in [0.25, 0.3) is 0 Å². The van der Waals surface area contributed by atoms with Crippen LogP contribution in [-0.4, -0.2) is 18.3 Å². The van der Waals surface area contributed by atoms with Gasteiger partial charge in [0.05, 0.1) is 17.8 Å². The number of hydrogen-bond donors (Lipinski definition) is 1. The Morgan fingerprint density at radius 3 is 2.67 bits per heavy atom. The summed E-state index contributed by atoms with van der Waals surface area (Å²) in [6.07, 6.45) is 0.264. The second kappa shape index (κ2) is 4.31. The number of ether oxygens (including phenoxy) is 1. The maximum absolute atomic E-state index is 10.8. The van der Waals surface area contributed by atoms with E-state index in [0.717, 1.165) is 5.69 Å². The third-order valence-electron chi connectivity index (χ3n) is 1.94. The fourth-order valence-electron chi connectivity index (χ4n) is 1.17. The quantitative estimate of drug-likeness (QED) is 0.618. The number of nitrogens with one attached hydrogen (secondary N) is 1. The highest BCUT2D eigenvalue weighted by Crippen LogP contribution is 2.13. The van der Waals surface area contributed by atoms with Crippen LogP contribution in [0.2, 0.25) is 5.02 Å². The predicted octanol–water partition coefficient (Wildman–Crippen LogP) is 2.05. The van der Waals surface area contributed by atoms with Crippen molar-refractivity contribution in [3.63, 3.8) is 0 Å². The first-order chi connectivity index (χ1) is 7.24. The molecule has 1 N–H and O–H groups in total. The van der Waals surface area contributed by atoms with Crippen molar-refractivity contribution >= 4 is 29.0 Å².